The maximum atomic E-state index is 6.68. The van der Waals surface area contributed by atoms with Crippen LogP contribution in [0.25, 0.3) is 4.85 Å². The molecule has 17 heavy (non-hydrogen) atoms. The lowest BCUT2D eigenvalue weighted by Gasteiger charge is -2.12. The number of terminal acetylenes is 1. The maximum Gasteiger partial charge on any atom is 0.357 e. The number of hydrogen-bond donors (Lipinski definition) is 1. The van der Waals surface area contributed by atoms with Crippen molar-refractivity contribution in [2.75, 3.05) is 13.3 Å². The van der Waals surface area contributed by atoms with Gasteiger partial charge in [-0.05, 0) is 36.1 Å². The fraction of sp³-hybridized carbons (Fsp3) is 0.357. The van der Waals surface area contributed by atoms with E-state index in [9.17, 15) is 0 Å². The van der Waals surface area contributed by atoms with Gasteiger partial charge in [-0.2, -0.15) is 0 Å². The van der Waals surface area contributed by atoms with Crippen LogP contribution in [-0.4, -0.2) is 13.3 Å². The van der Waals surface area contributed by atoms with Crippen molar-refractivity contribution < 1.29 is 4.74 Å². The fourth-order valence-electron chi connectivity index (χ4n) is 2.18. The summed E-state index contributed by atoms with van der Waals surface area (Å²) in [5.74, 6) is 3.37. The molecule has 1 N–H and O–H groups in total. The number of hydrogen-bond acceptors (Lipinski definition) is 2. The van der Waals surface area contributed by atoms with E-state index in [-0.39, 0.29) is 6.73 Å². The Morgan fingerprint density at radius 3 is 3.24 bits per heavy atom. The molecule has 0 saturated heterocycles. The van der Waals surface area contributed by atoms with Crippen molar-refractivity contribution >= 4 is 0 Å². The van der Waals surface area contributed by atoms with Crippen molar-refractivity contribution in [3.63, 3.8) is 0 Å². The molecule has 0 aromatic heterocycles. The van der Waals surface area contributed by atoms with E-state index < -0.39 is 0 Å². The molecule has 86 valence electrons. The summed E-state index contributed by atoms with van der Waals surface area (Å²) in [6.07, 6.45) is 7.35. The molecule has 0 spiro atoms. The van der Waals surface area contributed by atoms with Gasteiger partial charge in [0.1, 0.15) is 5.75 Å². The third kappa shape index (κ3) is 2.58. The highest BCUT2D eigenvalue weighted by atomic mass is 16.5. The summed E-state index contributed by atoms with van der Waals surface area (Å²) in [6, 6.07) is 6.37. The van der Waals surface area contributed by atoms with Gasteiger partial charge in [0.25, 0.3) is 0 Å². The average Bonchev–Trinajstić information content (AvgIpc) is 2.76. The summed E-state index contributed by atoms with van der Waals surface area (Å²) in [4.78, 5) is 3.17. The zero-order valence-electron chi connectivity index (χ0n) is 9.57. The van der Waals surface area contributed by atoms with E-state index in [2.05, 4.69) is 22.1 Å². The van der Waals surface area contributed by atoms with Crippen LogP contribution in [0.5, 0.6) is 5.75 Å². The van der Waals surface area contributed by atoms with Crippen molar-refractivity contribution in [3.8, 4) is 18.1 Å². The van der Waals surface area contributed by atoms with Crippen molar-refractivity contribution in [2.45, 2.75) is 18.9 Å². The zero-order valence-corrected chi connectivity index (χ0v) is 9.57. The van der Waals surface area contributed by atoms with Gasteiger partial charge in [-0.25, -0.2) is 6.57 Å². The van der Waals surface area contributed by atoms with Gasteiger partial charge in [0.15, 0.2) is 0 Å². The third-order valence-electron chi connectivity index (χ3n) is 2.94. The van der Waals surface area contributed by atoms with Crippen molar-refractivity contribution in [2.24, 2.45) is 0 Å². The standard InChI is InChI=1S/C14H14N2O/c1-3-8-16-14-7-4-11-9-12(17-10-15-2)5-6-13(11)14/h1,5-6,9,14,16H,4,7-8,10H2. The van der Waals surface area contributed by atoms with Crippen molar-refractivity contribution in [1.29, 1.82) is 0 Å². The molecule has 0 saturated carbocycles. The first-order chi connectivity index (χ1) is 8.35. The van der Waals surface area contributed by atoms with Gasteiger partial charge in [0.2, 0.25) is 0 Å². The van der Waals surface area contributed by atoms with E-state index in [4.69, 9.17) is 17.7 Å². The smallest absolute Gasteiger partial charge is 0.357 e. The lowest BCUT2D eigenvalue weighted by Crippen LogP contribution is -2.19. The highest BCUT2D eigenvalue weighted by molar-refractivity contribution is 5.40. The van der Waals surface area contributed by atoms with Gasteiger partial charge in [0.05, 0.1) is 6.54 Å². The molecule has 1 aromatic carbocycles. The Morgan fingerprint density at radius 1 is 1.59 bits per heavy atom. The van der Waals surface area contributed by atoms with Crippen LogP contribution in [0.1, 0.15) is 23.6 Å². The van der Waals surface area contributed by atoms with Crippen molar-refractivity contribution in [3.05, 3.63) is 40.7 Å². The van der Waals surface area contributed by atoms with E-state index in [0.717, 1.165) is 18.6 Å². The number of rotatable bonds is 4. The summed E-state index contributed by atoms with van der Waals surface area (Å²) >= 11 is 0. The first kappa shape index (κ1) is 11.5. The molecular formula is C14H14N2O. The first-order valence-electron chi connectivity index (χ1n) is 5.61. The maximum absolute atomic E-state index is 6.68. The van der Waals surface area contributed by atoms with Crippen LogP contribution in [0.3, 0.4) is 0 Å². The van der Waals surface area contributed by atoms with E-state index in [1.54, 1.807) is 0 Å². The number of fused-ring (bicyclic) bond motifs is 1. The van der Waals surface area contributed by atoms with Gasteiger partial charge in [-0.15, -0.1) is 6.42 Å². The Balaban J connectivity index is 2.09. The number of ether oxygens (including phenoxy) is 1. The molecule has 0 radical (unpaired) electrons. The van der Waals surface area contributed by atoms with E-state index in [0.29, 0.717) is 12.6 Å². The Hall–Kier alpha value is -1.97. The largest absolute Gasteiger partial charge is 0.426 e. The van der Waals surface area contributed by atoms with Crippen LogP contribution in [0, 0.1) is 18.9 Å². The summed E-state index contributed by atoms with van der Waals surface area (Å²) in [5.41, 5.74) is 2.59. The Morgan fingerprint density at radius 2 is 2.47 bits per heavy atom. The van der Waals surface area contributed by atoms with Crippen LogP contribution in [0.4, 0.5) is 0 Å². The van der Waals surface area contributed by atoms with E-state index >= 15 is 0 Å². The van der Waals surface area contributed by atoms with Gasteiger partial charge in [-0.3, -0.25) is 10.2 Å². The molecule has 0 heterocycles. The minimum Gasteiger partial charge on any atom is -0.426 e. The van der Waals surface area contributed by atoms with Crippen LogP contribution in [-0.2, 0) is 6.42 Å². The average molecular weight is 226 g/mol. The minimum absolute atomic E-state index is 0.0809. The summed E-state index contributed by atoms with van der Waals surface area (Å²) in [7, 11) is 0. The quantitative estimate of drug-likeness (QED) is 0.628. The Bertz CT molecular complexity index is 482. The Labute approximate surface area is 102 Å². The predicted molar refractivity (Wildman–Crippen MR) is 66.4 cm³/mol. The zero-order chi connectivity index (χ0) is 12.1. The highest BCUT2D eigenvalue weighted by Crippen LogP contribution is 2.33. The van der Waals surface area contributed by atoms with Gasteiger partial charge < -0.3 is 4.74 Å². The van der Waals surface area contributed by atoms with Gasteiger partial charge in [0, 0.05) is 6.04 Å². The molecule has 1 atom stereocenters. The highest BCUT2D eigenvalue weighted by Gasteiger charge is 2.21. The lowest BCUT2D eigenvalue weighted by atomic mass is 10.1. The molecule has 2 rings (SSSR count). The van der Waals surface area contributed by atoms with E-state index in [1.165, 1.54) is 11.1 Å². The topological polar surface area (TPSA) is 25.6 Å². The number of nitrogens with zero attached hydrogens (tertiary/aromatic N) is 1. The molecule has 0 fully saturated rings. The second kappa shape index (κ2) is 5.39. The van der Waals surface area contributed by atoms with Gasteiger partial charge >= 0.3 is 6.73 Å². The molecule has 1 aromatic rings. The van der Waals surface area contributed by atoms with Crippen molar-refractivity contribution in [1.82, 2.24) is 5.32 Å². The third-order valence-corrected chi connectivity index (χ3v) is 2.94. The summed E-state index contributed by atoms with van der Waals surface area (Å²) in [6.45, 7) is 7.36. The molecule has 0 amide bonds. The molecule has 3 heteroatoms. The normalized spacial score (nSPS) is 16.9. The van der Waals surface area contributed by atoms with Gasteiger partial charge in [-0.1, -0.05) is 12.0 Å². The minimum atomic E-state index is 0.0809. The van der Waals surface area contributed by atoms with E-state index in [1.807, 2.05) is 12.1 Å². The molecule has 1 unspecified atom stereocenters. The van der Waals surface area contributed by atoms with Crippen LogP contribution < -0.4 is 10.1 Å². The predicted octanol–water partition coefficient (Wildman–Crippen LogP) is 2.15. The van der Waals surface area contributed by atoms with Crippen LogP contribution >= 0.6 is 0 Å². The summed E-state index contributed by atoms with van der Waals surface area (Å²) in [5, 5.41) is 3.32. The molecule has 1 aliphatic rings. The second-order valence-electron chi connectivity index (χ2n) is 3.97. The molecule has 0 bridgehead atoms. The van der Waals surface area contributed by atoms with Crippen LogP contribution in [0.15, 0.2) is 18.2 Å². The number of benzene rings is 1. The Kier molecular flexibility index (Phi) is 3.65. The number of nitrogens with one attached hydrogen (secondary N) is 1. The second-order valence-corrected chi connectivity index (χ2v) is 3.97. The molecule has 3 nitrogen and oxygen atoms in total. The molecule has 0 aliphatic heterocycles. The molecular weight excluding hydrogens is 212 g/mol. The monoisotopic (exact) mass is 226 g/mol. The molecule has 1 aliphatic carbocycles. The number of aryl methyl sites for hydroxylation is 1. The van der Waals surface area contributed by atoms with Crippen LogP contribution in [0.2, 0.25) is 0 Å². The fourth-order valence-corrected chi connectivity index (χ4v) is 2.18. The first-order valence-corrected chi connectivity index (χ1v) is 5.61. The SMILES string of the molecule is [C-]#[N+]COc1ccc2c(c1)CCC2NCC#C. The lowest BCUT2D eigenvalue weighted by molar-refractivity contribution is 0.360. The summed E-state index contributed by atoms with van der Waals surface area (Å²) < 4.78 is 5.29.